The number of amides is 1. The standard InChI is InChI=1S/C20H20N2O3S/c1-4-13-5-8-15(9-6-13)21-20-22-19(23)18(26-20)12-14-7-10-16(24-2)17(11-14)25-3/h5-12H,4H2,1-3H3,(H,21,22,23)/b18-12-. The molecule has 1 aliphatic heterocycles. The lowest BCUT2D eigenvalue weighted by molar-refractivity contribution is -0.115. The molecule has 0 aromatic heterocycles. The van der Waals surface area contributed by atoms with Gasteiger partial charge in [-0.2, -0.15) is 0 Å². The third-order valence-electron chi connectivity index (χ3n) is 3.93. The van der Waals surface area contributed by atoms with Gasteiger partial charge in [0.1, 0.15) is 0 Å². The van der Waals surface area contributed by atoms with Gasteiger partial charge in [0.25, 0.3) is 5.91 Å². The third kappa shape index (κ3) is 4.08. The Hall–Kier alpha value is -2.73. The van der Waals surface area contributed by atoms with Gasteiger partial charge in [0.15, 0.2) is 16.7 Å². The van der Waals surface area contributed by atoms with Crippen LogP contribution >= 0.6 is 11.8 Å². The summed E-state index contributed by atoms with van der Waals surface area (Å²) in [4.78, 5) is 17.3. The van der Waals surface area contributed by atoms with Crippen LogP contribution in [0.15, 0.2) is 52.4 Å². The molecule has 0 saturated carbocycles. The van der Waals surface area contributed by atoms with Gasteiger partial charge in [-0.1, -0.05) is 25.1 Å². The quantitative estimate of drug-likeness (QED) is 0.805. The molecule has 5 nitrogen and oxygen atoms in total. The van der Waals surface area contributed by atoms with Crippen molar-refractivity contribution in [3.05, 3.63) is 58.5 Å². The molecule has 1 aliphatic rings. The Labute approximate surface area is 157 Å². The van der Waals surface area contributed by atoms with Crippen LogP contribution in [-0.4, -0.2) is 25.3 Å². The summed E-state index contributed by atoms with van der Waals surface area (Å²) in [7, 11) is 3.17. The van der Waals surface area contributed by atoms with E-state index in [-0.39, 0.29) is 5.91 Å². The molecule has 0 spiro atoms. The fourth-order valence-corrected chi connectivity index (χ4v) is 3.34. The number of methoxy groups -OCH3 is 2. The minimum Gasteiger partial charge on any atom is -0.493 e. The number of hydrogen-bond donors (Lipinski definition) is 1. The number of benzene rings is 2. The Kier molecular flexibility index (Phi) is 5.63. The molecule has 26 heavy (non-hydrogen) atoms. The first kappa shape index (κ1) is 18.1. The second-order valence-electron chi connectivity index (χ2n) is 5.62. The van der Waals surface area contributed by atoms with Crippen molar-refractivity contribution in [1.29, 1.82) is 0 Å². The second-order valence-corrected chi connectivity index (χ2v) is 6.65. The van der Waals surface area contributed by atoms with E-state index in [4.69, 9.17) is 9.47 Å². The summed E-state index contributed by atoms with van der Waals surface area (Å²) in [6.07, 6.45) is 2.80. The second kappa shape index (κ2) is 8.10. The molecule has 6 heteroatoms. The Balaban J connectivity index is 1.80. The molecule has 2 aromatic rings. The average Bonchev–Trinajstić information content (AvgIpc) is 3.01. The van der Waals surface area contributed by atoms with Crippen LogP contribution in [0.3, 0.4) is 0 Å². The van der Waals surface area contributed by atoms with Gasteiger partial charge in [-0.3, -0.25) is 4.79 Å². The first-order valence-corrected chi connectivity index (χ1v) is 9.05. The lowest BCUT2D eigenvalue weighted by Gasteiger charge is -2.07. The maximum Gasteiger partial charge on any atom is 0.264 e. The van der Waals surface area contributed by atoms with Gasteiger partial charge in [0, 0.05) is 0 Å². The minimum absolute atomic E-state index is 0.159. The minimum atomic E-state index is -0.159. The molecule has 3 rings (SSSR count). The molecule has 0 unspecified atom stereocenters. The van der Waals surface area contributed by atoms with Crippen molar-refractivity contribution in [3.8, 4) is 11.5 Å². The number of carbonyl (C=O) groups excluding carboxylic acids is 1. The SMILES string of the molecule is CCc1ccc(N=C2NC(=O)/C(=C/c3ccc(OC)c(OC)c3)S2)cc1. The Bertz CT molecular complexity index is 873. The first-order chi connectivity index (χ1) is 12.6. The zero-order valence-corrected chi connectivity index (χ0v) is 15.7. The van der Waals surface area contributed by atoms with E-state index in [1.807, 2.05) is 48.5 Å². The highest BCUT2D eigenvalue weighted by molar-refractivity contribution is 8.18. The number of amidine groups is 1. The van der Waals surface area contributed by atoms with E-state index in [1.54, 1.807) is 14.2 Å². The summed E-state index contributed by atoms with van der Waals surface area (Å²) in [5, 5.41) is 3.38. The maximum absolute atomic E-state index is 12.2. The van der Waals surface area contributed by atoms with Gasteiger partial charge < -0.3 is 14.8 Å². The van der Waals surface area contributed by atoms with Crippen molar-refractivity contribution in [2.75, 3.05) is 14.2 Å². The zero-order chi connectivity index (χ0) is 18.5. The van der Waals surface area contributed by atoms with Crippen molar-refractivity contribution in [3.63, 3.8) is 0 Å². The van der Waals surface area contributed by atoms with Gasteiger partial charge in [-0.05, 0) is 59.7 Å². The fourth-order valence-electron chi connectivity index (χ4n) is 2.50. The van der Waals surface area contributed by atoms with Gasteiger partial charge in [-0.25, -0.2) is 4.99 Å². The van der Waals surface area contributed by atoms with E-state index in [0.717, 1.165) is 17.7 Å². The summed E-state index contributed by atoms with van der Waals surface area (Å²) in [5.74, 6) is 1.11. The highest BCUT2D eigenvalue weighted by Gasteiger charge is 2.24. The van der Waals surface area contributed by atoms with Crippen molar-refractivity contribution >= 4 is 34.6 Å². The van der Waals surface area contributed by atoms with Crippen LogP contribution in [0.1, 0.15) is 18.1 Å². The van der Waals surface area contributed by atoms with Crippen molar-refractivity contribution in [2.24, 2.45) is 4.99 Å². The van der Waals surface area contributed by atoms with Crippen LogP contribution in [0.5, 0.6) is 11.5 Å². The fraction of sp³-hybridized carbons (Fsp3) is 0.200. The lowest BCUT2D eigenvalue weighted by Crippen LogP contribution is -2.19. The number of ether oxygens (including phenoxy) is 2. The van der Waals surface area contributed by atoms with Gasteiger partial charge >= 0.3 is 0 Å². The Morgan fingerprint density at radius 1 is 1.08 bits per heavy atom. The molecular weight excluding hydrogens is 348 g/mol. The zero-order valence-electron chi connectivity index (χ0n) is 14.9. The highest BCUT2D eigenvalue weighted by Crippen LogP contribution is 2.32. The molecule has 134 valence electrons. The van der Waals surface area contributed by atoms with E-state index in [2.05, 4.69) is 17.2 Å². The molecule has 1 heterocycles. The molecule has 1 N–H and O–H groups in total. The molecule has 0 aliphatic carbocycles. The van der Waals surface area contributed by atoms with Gasteiger partial charge in [0.2, 0.25) is 0 Å². The van der Waals surface area contributed by atoms with E-state index >= 15 is 0 Å². The highest BCUT2D eigenvalue weighted by atomic mass is 32.2. The first-order valence-electron chi connectivity index (χ1n) is 8.23. The number of nitrogens with zero attached hydrogens (tertiary/aromatic N) is 1. The summed E-state index contributed by atoms with van der Waals surface area (Å²) in [6, 6.07) is 13.5. The largest absolute Gasteiger partial charge is 0.493 e. The number of nitrogens with one attached hydrogen (secondary N) is 1. The molecule has 0 bridgehead atoms. The molecule has 0 atom stereocenters. The molecular formula is C20H20N2O3S. The summed E-state index contributed by atoms with van der Waals surface area (Å²) < 4.78 is 10.5. The molecule has 1 saturated heterocycles. The van der Waals surface area contributed by atoms with E-state index < -0.39 is 0 Å². The number of thioether (sulfide) groups is 1. The number of hydrogen-bond acceptors (Lipinski definition) is 5. The maximum atomic E-state index is 12.2. The normalized spacial score (nSPS) is 16.8. The summed E-state index contributed by atoms with van der Waals surface area (Å²) in [6.45, 7) is 2.11. The predicted molar refractivity (Wildman–Crippen MR) is 106 cm³/mol. The van der Waals surface area contributed by atoms with Crippen molar-refractivity contribution < 1.29 is 14.3 Å². The Morgan fingerprint density at radius 2 is 1.81 bits per heavy atom. The molecule has 2 aromatic carbocycles. The van der Waals surface area contributed by atoms with Crippen LogP contribution in [0.2, 0.25) is 0 Å². The van der Waals surface area contributed by atoms with Crippen LogP contribution < -0.4 is 14.8 Å². The number of aryl methyl sites for hydroxylation is 1. The van der Waals surface area contributed by atoms with Gasteiger partial charge in [0.05, 0.1) is 24.8 Å². The molecule has 1 fully saturated rings. The van der Waals surface area contributed by atoms with Crippen LogP contribution in [0.25, 0.3) is 6.08 Å². The average molecular weight is 368 g/mol. The van der Waals surface area contributed by atoms with Crippen LogP contribution in [-0.2, 0) is 11.2 Å². The van der Waals surface area contributed by atoms with Crippen LogP contribution in [0.4, 0.5) is 5.69 Å². The predicted octanol–water partition coefficient (Wildman–Crippen LogP) is 4.16. The smallest absolute Gasteiger partial charge is 0.264 e. The van der Waals surface area contributed by atoms with Crippen molar-refractivity contribution in [1.82, 2.24) is 5.32 Å². The topological polar surface area (TPSA) is 59.9 Å². The van der Waals surface area contributed by atoms with E-state index in [0.29, 0.717) is 21.6 Å². The van der Waals surface area contributed by atoms with E-state index in [1.165, 1.54) is 17.3 Å². The van der Waals surface area contributed by atoms with Crippen LogP contribution in [0, 0.1) is 0 Å². The number of carbonyl (C=O) groups is 1. The monoisotopic (exact) mass is 368 g/mol. The summed E-state index contributed by atoms with van der Waals surface area (Å²) >= 11 is 1.32. The van der Waals surface area contributed by atoms with Gasteiger partial charge in [-0.15, -0.1) is 0 Å². The number of rotatable bonds is 5. The molecule has 0 radical (unpaired) electrons. The summed E-state index contributed by atoms with van der Waals surface area (Å²) in [5.41, 5.74) is 2.93. The van der Waals surface area contributed by atoms with E-state index in [9.17, 15) is 4.79 Å². The number of aliphatic imine (C=N–C) groups is 1. The van der Waals surface area contributed by atoms with Crippen molar-refractivity contribution in [2.45, 2.75) is 13.3 Å². The third-order valence-corrected chi connectivity index (χ3v) is 4.84. The molecule has 1 amide bonds. The Morgan fingerprint density at radius 3 is 2.46 bits per heavy atom. The lowest BCUT2D eigenvalue weighted by atomic mass is 10.2.